The van der Waals surface area contributed by atoms with E-state index in [1.807, 2.05) is 25.1 Å². The monoisotopic (exact) mass is 205 g/mol. The molecule has 1 heterocycles. The summed E-state index contributed by atoms with van der Waals surface area (Å²) in [7, 11) is 0. The average Bonchev–Trinajstić information content (AvgIpc) is 2.65. The highest BCUT2D eigenvalue weighted by Gasteiger charge is 2.33. The highest BCUT2D eigenvalue weighted by Crippen LogP contribution is 2.28. The van der Waals surface area contributed by atoms with E-state index in [1.165, 1.54) is 5.56 Å². The van der Waals surface area contributed by atoms with Crippen LogP contribution in [-0.4, -0.2) is 23.7 Å². The molecule has 2 rings (SSSR count). The average molecular weight is 205 g/mol. The van der Waals surface area contributed by atoms with Crippen molar-refractivity contribution in [1.82, 2.24) is 5.32 Å². The second-order valence-corrected chi connectivity index (χ2v) is 4.08. The number of hydrogen-bond donors (Lipinski definition) is 2. The maximum atomic E-state index is 11.0. The molecular formula is C12H15NO2. The summed E-state index contributed by atoms with van der Waals surface area (Å²) in [6.07, 6.45) is 0.903. The van der Waals surface area contributed by atoms with Crippen LogP contribution in [0.25, 0.3) is 0 Å². The third kappa shape index (κ3) is 2.02. The van der Waals surface area contributed by atoms with E-state index in [0.29, 0.717) is 0 Å². The lowest BCUT2D eigenvalue weighted by molar-refractivity contribution is -0.139. The highest BCUT2D eigenvalue weighted by molar-refractivity contribution is 5.75. The summed E-state index contributed by atoms with van der Waals surface area (Å²) in [5, 5.41) is 12.1. The van der Waals surface area contributed by atoms with Crippen molar-refractivity contribution in [2.75, 3.05) is 6.54 Å². The van der Waals surface area contributed by atoms with Gasteiger partial charge >= 0.3 is 5.97 Å². The smallest absolute Gasteiger partial charge is 0.321 e. The first-order chi connectivity index (χ1) is 7.18. The Bertz CT molecular complexity index is 376. The minimum Gasteiger partial charge on any atom is -0.480 e. The maximum absolute atomic E-state index is 11.0. The fourth-order valence-corrected chi connectivity index (χ4v) is 2.22. The number of benzene rings is 1. The molecule has 2 atom stereocenters. The van der Waals surface area contributed by atoms with Gasteiger partial charge in [0, 0.05) is 5.92 Å². The SMILES string of the molecule is Cc1cccc([C@H]2CCN[C@H]2C(=O)O)c1. The molecular weight excluding hydrogens is 190 g/mol. The summed E-state index contributed by atoms with van der Waals surface area (Å²) in [5.74, 6) is -0.638. The van der Waals surface area contributed by atoms with E-state index in [1.54, 1.807) is 0 Å². The quantitative estimate of drug-likeness (QED) is 0.769. The molecule has 3 heteroatoms. The second-order valence-electron chi connectivity index (χ2n) is 4.08. The van der Waals surface area contributed by atoms with Gasteiger partial charge in [0.2, 0.25) is 0 Å². The van der Waals surface area contributed by atoms with Gasteiger partial charge in [-0.3, -0.25) is 4.79 Å². The number of aliphatic carboxylic acids is 1. The third-order valence-electron chi connectivity index (χ3n) is 2.96. The van der Waals surface area contributed by atoms with Crippen LogP contribution in [-0.2, 0) is 4.79 Å². The Morgan fingerprint density at radius 3 is 3.00 bits per heavy atom. The van der Waals surface area contributed by atoms with E-state index in [-0.39, 0.29) is 5.92 Å². The van der Waals surface area contributed by atoms with Gasteiger partial charge in [0.25, 0.3) is 0 Å². The van der Waals surface area contributed by atoms with Crippen molar-refractivity contribution < 1.29 is 9.90 Å². The minimum absolute atomic E-state index is 0.113. The largest absolute Gasteiger partial charge is 0.480 e. The van der Waals surface area contributed by atoms with Crippen molar-refractivity contribution >= 4 is 5.97 Å². The molecule has 80 valence electrons. The van der Waals surface area contributed by atoms with Gasteiger partial charge in [-0.25, -0.2) is 0 Å². The summed E-state index contributed by atoms with van der Waals surface area (Å²) >= 11 is 0. The molecule has 0 radical (unpaired) electrons. The normalized spacial score (nSPS) is 25.4. The predicted octanol–water partition coefficient (Wildman–Crippen LogP) is 1.53. The lowest BCUT2D eigenvalue weighted by Gasteiger charge is -2.16. The van der Waals surface area contributed by atoms with Crippen molar-refractivity contribution in [3.63, 3.8) is 0 Å². The molecule has 0 unspecified atom stereocenters. The zero-order valence-electron chi connectivity index (χ0n) is 8.73. The van der Waals surface area contributed by atoms with E-state index in [9.17, 15) is 4.79 Å². The fourth-order valence-electron chi connectivity index (χ4n) is 2.22. The number of rotatable bonds is 2. The van der Waals surface area contributed by atoms with E-state index in [4.69, 9.17) is 5.11 Å². The molecule has 0 aromatic heterocycles. The van der Waals surface area contributed by atoms with Crippen molar-refractivity contribution in [1.29, 1.82) is 0 Å². The van der Waals surface area contributed by atoms with Crippen molar-refractivity contribution in [2.45, 2.75) is 25.3 Å². The lowest BCUT2D eigenvalue weighted by atomic mass is 9.91. The van der Waals surface area contributed by atoms with Crippen LogP contribution in [0.15, 0.2) is 24.3 Å². The molecule has 1 aromatic rings. The zero-order valence-corrected chi connectivity index (χ0v) is 8.73. The Labute approximate surface area is 89.1 Å². The third-order valence-corrected chi connectivity index (χ3v) is 2.96. The number of carbonyl (C=O) groups is 1. The van der Waals surface area contributed by atoms with Gasteiger partial charge in [0.15, 0.2) is 0 Å². The van der Waals surface area contributed by atoms with E-state index in [0.717, 1.165) is 18.5 Å². The molecule has 1 aromatic carbocycles. The lowest BCUT2D eigenvalue weighted by Crippen LogP contribution is -2.34. The van der Waals surface area contributed by atoms with E-state index < -0.39 is 12.0 Å². The first kappa shape index (κ1) is 10.2. The Morgan fingerprint density at radius 1 is 1.53 bits per heavy atom. The molecule has 3 nitrogen and oxygen atoms in total. The van der Waals surface area contributed by atoms with Crippen LogP contribution in [0.3, 0.4) is 0 Å². The van der Waals surface area contributed by atoms with Gasteiger partial charge in [-0.2, -0.15) is 0 Å². The summed E-state index contributed by atoms with van der Waals surface area (Å²) in [6, 6.07) is 7.68. The van der Waals surface area contributed by atoms with Gasteiger partial charge < -0.3 is 10.4 Å². The van der Waals surface area contributed by atoms with Crippen LogP contribution >= 0.6 is 0 Å². The Balaban J connectivity index is 2.26. The summed E-state index contributed by atoms with van der Waals surface area (Å²) in [5.41, 5.74) is 2.32. The zero-order chi connectivity index (χ0) is 10.8. The molecule has 15 heavy (non-hydrogen) atoms. The number of aryl methyl sites for hydroxylation is 1. The van der Waals surface area contributed by atoms with Gasteiger partial charge in [-0.05, 0) is 25.5 Å². The first-order valence-corrected chi connectivity index (χ1v) is 5.21. The number of hydrogen-bond acceptors (Lipinski definition) is 2. The van der Waals surface area contributed by atoms with Crippen molar-refractivity contribution in [2.24, 2.45) is 0 Å². The molecule has 1 saturated heterocycles. The van der Waals surface area contributed by atoms with Crippen LogP contribution in [0.2, 0.25) is 0 Å². The number of carboxylic acid groups (broad SMARTS) is 1. The summed E-state index contributed by atoms with van der Waals surface area (Å²) in [6.45, 7) is 2.82. The second kappa shape index (κ2) is 4.03. The van der Waals surface area contributed by atoms with Crippen LogP contribution in [0.4, 0.5) is 0 Å². The Morgan fingerprint density at radius 2 is 2.33 bits per heavy atom. The van der Waals surface area contributed by atoms with E-state index in [2.05, 4.69) is 11.4 Å². The molecule has 0 amide bonds. The molecule has 1 aliphatic heterocycles. The first-order valence-electron chi connectivity index (χ1n) is 5.21. The predicted molar refractivity (Wildman–Crippen MR) is 58.0 cm³/mol. The molecule has 1 aliphatic rings. The molecule has 2 N–H and O–H groups in total. The fraction of sp³-hybridized carbons (Fsp3) is 0.417. The van der Waals surface area contributed by atoms with Crippen LogP contribution in [0.1, 0.15) is 23.5 Å². The van der Waals surface area contributed by atoms with Gasteiger partial charge in [-0.1, -0.05) is 29.8 Å². The minimum atomic E-state index is -0.751. The Hall–Kier alpha value is -1.35. The topological polar surface area (TPSA) is 49.3 Å². The summed E-state index contributed by atoms with van der Waals surface area (Å²) in [4.78, 5) is 11.0. The molecule has 1 fully saturated rings. The molecule has 0 spiro atoms. The van der Waals surface area contributed by atoms with E-state index >= 15 is 0 Å². The van der Waals surface area contributed by atoms with Crippen molar-refractivity contribution in [3.05, 3.63) is 35.4 Å². The highest BCUT2D eigenvalue weighted by atomic mass is 16.4. The molecule has 0 bridgehead atoms. The van der Waals surface area contributed by atoms with Crippen LogP contribution in [0, 0.1) is 6.92 Å². The molecule has 0 saturated carbocycles. The number of carboxylic acids is 1. The Kier molecular flexibility index (Phi) is 2.73. The number of nitrogens with one attached hydrogen (secondary N) is 1. The standard InChI is InChI=1S/C12H15NO2/c1-8-3-2-4-9(7-8)10-5-6-13-11(10)12(14)15/h2-4,7,10-11,13H,5-6H2,1H3,(H,14,15)/t10-,11-/m1/s1. The van der Waals surface area contributed by atoms with Gasteiger partial charge in [-0.15, -0.1) is 0 Å². The summed E-state index contributed by atoms with van der Waals surface area (Å²) < 4.78 is 0. The molecule has 0 aliphatic carbocycles. The van der Waals surface area contributed by atoms with Crippen LogP contribution in [0.5, 0.6) is 0 Å². The maximum Gasteiger partial charge on any atom is 0.321 e. The van der Waals surface area contributed by atoms with Gasteiger partial charge in [0.1, 0.15) is 6.04 Å². The van der Waals surface area contributed by atoms with Gasteiger partial charge in [0.05, 0.1) is 0 Å². The van der Waals surface area contributed by atoms with Crippen LogP contribution < -0.4 is 5.32 Å². The van der Waals surface area contributed by atoms with Crippen molar-refractivity contribution in [3.8, 4) is 0 Å².